The summed E-state index contributed by atoms with van der Waals surface area (Å²) in [7, 11) is 2.14. The molecule has 1 aromatic rings. The fourth-order valence-electron chi connectivity index (χ4n) is 2.32. The lowest BCUT2D eigenvalue weighted by Crippen LogP contribution is -2.26. The number of nitrogen functional groups attached to an aromatic ring is 1. The number of benzene rings is 1. The molecule has 1 aliphatic heterocycles. The van der Waals surface area contributed by atoms with Crippen LogP contribution >= 0.6 is 0 Å². The Labute approximate surface area is 101 Å². The molecule has 0 amide bonds. The highest BCUT2D eigenvalue weighted by Crippen LogP contribution is 2.20. The van der Waals surface area contributed by atoms with Crippen LogP contribution < -0.4 is 10.5 Å². The number of halogens is 1. The molecule has 0 aliphatic carbocycles. The topological polar surface area (TPSA) is 38.5 Å². The normalized spacial score (nSPS) is 20.7. The summed E-state index contributed by atoms with van der Waals surface area (Å²) >= 11 is 0. The zero-order valence-corrected chi connectivity index (χ0v) is 10.2. The Bertz CT molecular complexity index is 363. The van der Waals surface area contributed by atoms with Crippen LogP contribution in [-0.2, 0) is 0 Å². The van der Waals surface area contributed by atoms with E-state index in [1.165, 1.54) is 25.0 Å². The van der Waals surface area contributed by atoms with E-state index in [1.807, 2.05) is 0 Å². The molecular weight excluding hydrogens is 219 g/mol. The van der Waals surface area contributed by atoms with E-state index in [1.54, 1.807) is 6.07 Å². The molecule has 1 fully saturated rings. The van der Waals surface area contributed by atoms with Gasteiger partial charge in [0, 0.05) is 23.9 Å². The van der Waals surface area contributed by atoms with Crippen LogP contribution in [0, 0.1) is 5.82 Å². The van der Waals surface area contributed by atoms with Gasteiger partial charge < -0.3 is 15.4 Å². The third kappa shape index (κ3) is 3.33. The smallest absolute Gasteiger partial charge is 0.128 e. The van der Waals surface area contributed by atoms with Gasteiger partial charge in [0.25, 0.3) is 0 Å². The molecule has 0 radical (unpaired) electrons. The minimum absolute atomic E-state index is 0.349. The Kier molecular flexibility index (Phi) is 3.84. The second-order valence-electron chi connectivity index (χ2n) is 4.63. The molecule has 17 heavy (non-hydrogen) atoms. The lowest BCUT2D eigenvalue weighted by Gasteiger charge is -2.19. The first-order chi connectivity index (χ1) is 8.15. The summed E-state index contributed by atoms with van der Waals surface area (Å²) in [6, 6.07) is 4.91. The van der Waals surface area contributed by atoms with Gasteiger partial charge in [-0.2, -0.15) is 0 Å². The number of anilines is 1. The number of nitrogens with zero attached hydrogens (tertiary/aromatic N) is 1. The molecule has 1 aromatic carbocycles. The van der Waals surface area contributed by atoms with E-state index in [-0.39, 0.29) is 5.82 Å². The monoisotopic (exact) mass is 238 g/mol. The Balaban J connectivity index is 1.81. The van der Waals surface area contributed by atoms with Gasteiger partial charge in [-0.15, -0.1) is 0 Å². The summed E-state index contributed by atoms with van der Waals surface area (Å²) in [5.74, 6) is 0.168. The fourth-order valence-corrected chi connectivity index (χ4v) is 2.32. The van der Waals surface area contributed by atoms with Crippen molar-refractivity contribution in [3.05, 3.63) is 24.0 Å². The second kappa shape index (κ2) is 5.36. The van der Waals surface area contributed by atoms with E-state index >= 15 is 0 Å². The fraction of sp³-hybridized carbons (Fsp3) is 0.538. The maximum Gasteiger partial charge on any atom is 0.128 e. The van der Waals surface area contributed by atoms with Gasteiger partial charge in [-0.1, -0.05) is 0 Å². The quantitative estimate of drug-likeness (QED) is 0.818. The molecule has 0 spiro atoms. The van der Waals surface area contributed by atoms with Crippen molar-refractivity contribution in [3.63, 3.8) is 0 Å². The summed E-state index contributed by atoms with van der Waals surface area (Å²) in [5, 5.41) is 0. The van der Waals surface area contributed by atoms with Gasteiger partial charge in [-0.3, -0.25) is 0 Å². The average Bonchev–Trinajstić information content (AvgIpc) is 2.63. The highest BCUT2D eigenvalue weighted by atomic mass is 19.1. The first-order valence-electron chi connectivity index (χ1n) is 6.04. The van der Waals surface area contributed by atoms with Crippen LogP contribution in [0.3, 0.4) is 0 Å². The van der Waals surface area contributed by atoms with Crippen molar-refractivity contribution in [2.75, 3.05) is 25.9 Å². The molecular formula is C13H19FN2O. The maximum absolute atomic E-state index is 13.1. The molecule has 3 nitrogen and oxygen atoms in total. The first kappa shape index (κ1) is 12.2. The molecule has 4 heteroatoms. The molecule has 2 N–H and O–H groups in total. The SMILES string of the molecule is CN1CCCC1CCOc1cc(N)cc(F)c1. The molecule has 0 bridgehead atoms. The molecule has 2 rings (SSSR count). The Morgan fingerprint density at radius 2 is 2.29 bits per heavy atom. The first-order valence-corrected chi connectivity index (χ1v) is 6.04. The van der Waals surface area contributed by atoms with Gasteiger partial charge in [-0.25, -0.2) is 4.39 Å². The predicted molar refractivity (Wildman–Crippen MR) is 66.6 cm³/mol. The predicted octanol–water partition coefficient (Wildman–Crippen LogP) is 2.27. The average molecular weight is 238 g/mol. The van der Waals surface area contributed by atoms with Crippen LogP contribution in [0.5, 0.6) is 5.75 Å². The highest BCUT2D eigenvalue weighted by Gasteiger charge is 2.20. The summed E-state index contributed by atoms with van der Waals surface area (Å²) < 4.78 is 18.6. The number of ether oxygens (including phenoxy) is 1. The van der Waals surface area contributed by atoms with Gasteiger partial charge in [0.15, 0.2) is 0 Å². The number of rotatable bonds is 4. The molecule has 1 aliphatic rings. The van der Waals surface area contributed by atoms with Crippen LogP contribution in [0.15, 0.2) is 18.2 Å². The Morgan fingerprint density at radius 3 is 2.94 bits per heavy atom. The maximum atomic E-state index is 13.1. The van der Waals surface area contributed by atoms with Crippen molar-refractivity contribution in [1.29, 1.82) is 0 Å². The lowest BCUT2D eigenvalue weighted by atomic mass is 10.1. The van der Waals surface area contributed by atoms with E-state index in [4.69, 9.17) is 10.5 Å². The minimum atomic E-state index is -0.349. The van der Waals surface area contributed by atoms with Crippen molar-refractivity contribution in [2.24, 2.45) is 0 Å². The Hall–Kier alpha value is -1.29. The molecule has 0 aromatic heterocycles. The molecule has 1 saturated heterocycles. The largest absolute Gasteiger partial charge is 0.493 e. The number of likely N-dealkylation sites (tertiary alicyclic amines) is 1. The van der Waals surface area contributed by atoms with Crippen LogP contribution in [0.1, 0.15) is 19.3 Å². The summed E-state index contributed by atoms with van der Waals surface area (Å²) in [6.07, 6.45) is 3.46. The molecule has 94 valence electrons. The highest BCUT2D eigenvalue weighted by molar-refractivity contribution is 5.44. The van der Waals surface area contributed by atoms with Crippen molar-refractivity contribution in [1.82, 2.24) is 4.90 Å². The molecule has 0 saturated carbocycles. The third-order valence-electron chi connectivity index (χ3n) is 3.28. The zero-order chi connectivity index (χ0) is 12.3. The standard InChI is InChI=1S/C13H19FN2O/c1-16-5-2-3-12(16)4-6-17-13-8-10(14)7-11(15)9-13/h7-9,12H,2-6,15H2,1H3. The molecule has 1 atom stereocenters. The minimum Gasteiger partial charge on any atom is -0.493 e. The van der Waals surface area contributed by atoms with Gasteiger partial charge in [0.2, 0.25) is 0 Å². The van der Waals surface area contributed by atoms with E-state index in [9.17, 15) is 4.39 Å². The summed E-state index contributed by atoms with van der Waals surface area (Å²) in [6.45, 7) is 1.77. The lowest BCUT2D eigenvalue weighted by molar-refractivity contribution is 0.233. The number of hydrogen-bond donors (Lipinski definition) is 1. The summed E-state index contributed by atoms with van der Waals surface area (Å²) in [4.78, 5) is 2.35. The van der Waals surface area contributed by atoms with Crippen molar-refractivity contribution in [3.8, 4) is 5.75 Å². The van der Waals surface area contributed by atoms with Gasteiger partial charge >= 0.3 is 0 Å². The number of nitrogens with two attached hydrogens (primary N) is 1. The van der Waals surface area contributed by atoms with E-state index < -0.39 is 0 Å². The van der Waals surface area contributed by atoms with E-state index in [0.29, 0.717) is 24.1 Å². The van der Waals surface area contributed by atoms with Gasteiger partial charge in [0.05, 0.1) is 6.61 Å². The van der Waals surface area contributed by atoms with E-state index in [2.05, 4.69) is 11.9 Å². The van der Waals surface area contributed by atoms with Gasteiger partial charge in [-0.05, 0) is 38.9 Å². The van der Waals surface area contributed by atoms with Crippen molar-refractivity contribution in [2.45, 2.75) is 25.3 Å². The van der Waals surface area contributed by atoms with Crippen LogP contribution in [0.2, 0.25) is 0 Å². The van der Waals surface area contributed by atoms with E-state index in [0.717, 1.165) is 13.0 Å². The second-order valence-corrected chi connectivity index (χ2v) is 4.63. The number of hydrogen-bond acceptors (Lipinski definition) is 3. The van der Waals surface area contributed by atoms with Gasteiger partial charge in [0.1, 0.15) is 11.6 Å². The van der Waals surface area contributed by atoms with Crippen LogP contribution in [0.4, 0.5) is 10.1 Å². The molecule has 1 heterocycles. The third-order valence-corrected chi connectivity index (χ3v) is 3.28. The molecule has 1 unspecified atom stereocenters. The van der Waals surface area contributed by atoms with Crippen molar-refractivity contribution >= 4 is 5.69 Å². The van der Waals surface area contributed by atoms with Crippen molar-refractivity contribution < 1.29 is 9.13 Å². The zero-order valence-electron chi connectivity index (χ0n) is 10.2. The van der Waals surface area contributed by atoms with Crippen LogP contribution in [0.25, 0.3) is 0 Å². The Morgan fingerprint density at radius 1 is 1.47 bits per heavy atom. The summed E-state index contributed by atoms with van der Waals surface area (Å²) in [5.41, 5.74) is 5.95. The van der Waals surface area contributed by atoms with Crippen LogP contribution in [-0.4, -0.2) is 31.1 Å².